The molecule has 0 bridgehead atoms. The third-order valence-electron chi connectivity index (χ3n) is 5.44. The summed E-state index contributed by atoms with van der Waals surface area (Å²) in [6.07, 6.45) is 7.60. The second-order valence-electron chi connectivity index (χ2n) is 7.46. The van der Waals surface area contributed by atoms with Crippen molar-refractivity contribution >= 4 is 28.2 Å². The largest absolute Gasteiger partial charge is 0.370 e. The molecule has 8 heteroatoms. The lowest BCUT2D eigenvalue weighted by Crippen LogP contribution is -2.17. The number of nitrogens with zero attached hydrogens (tertiary/aromatic N) is 5. The number of hydrogen-bond donors (Lipinski definition) is 2. The first-order chi connectivity index (χ1) is 16.2. The number of anilines is 2. The number of amides is 1. The third kappa shape index (κ3) is 4.67. The van der Waals surface area contributed by atoms with E-state index in [-0.39, 0.29) is 11.6 Å². The van der Waals surface area contributed by atoms with Crippen molar-refractivity contribution in [3.8, 4) is 17.2 Å². The zero-order valence-electron chi connectivity index (χ0n) is 18.7. The normalized spacial score (nSPS) is 12.7. The number of H-pyrrole nitrogens is 1. The van der Waals surface area contributed by atoms with Gasteiger partial charge in [-0.15, -0.1) is 0 Å². The number of pyridine rings is 2. The number of carbonyl (C=O) groups is 1. The summed E-state index contributed by atoms with van der Waals surface area (Å²) in [4.78, 5) is 23.6. The molecule has 1 amide bonds. The number of aromatic amines is 1. The van der Waals surface area contributed by atoms with Crippen molar-refractivity contribution in [1.82, 2.24) is 20.2 Å². The highest BCUT2D eigenvalue weighted by Gasteiger charge is 2.17. The van der Waals surface area contributed by atoms with Crippen LogP contribution in [0.5, 0.6) is 0 Å². The van der Waals surface area contributed by atoms with Gasteiger partial charge in [0, 0.05) is 30.2 Å². The number of carbonyl (C=O) groups excluding carboxylic acids is 1. The number of nitriles is 1. The van der Waals surface area contributed by atoms with Gasteiger partial charge in [0.1, 0.15) is 11.8 Å². The van der Waals surface area contributed by atoms with Gasteiger partial charge in [-0.05, 0) is 48.7 Å². The molecule has 1 aliphatic heterocycles. The zero-order valence-corrected chi connectivity index (χ0v) is 18.7. The minimum absolute atomic E-state index is 0.289. The second-order valence-corrected chi connectivity index (χ2v) is 7.46. The Morgan fingerprint density at radius 1 is 1.06 bits per heavy atom. The van der Waals surface area contributed by atoms with Crippen LogP contribution in [0.2, 0.25) is 0 Å². The van der Waals surface area contributed by atoms with Crippen LogP contribution < -0.4 is 10.2 Å². The maximum absolute atomic E-state index is 12.8. The van der Waals surface area contributed by atoms with Gasteiger partial charge >= 0.3 is 0 Å². The van der Waals surface area contributed by atoms with Gasteiger partial charge in [0.2, 0.25) is 0 Å². The van der Waals surface area contributed by atoms with Crippen LogP contribution in [0, 0.1) is 11.3 Å². The molecule has 0 unspecified atom stereocenters. The average molecular weight is 440 g/mol. The molecule has 33 heavy (non-hydrogen) atoms. The molecule has 0 spiro atoms. The summed E-state index contributed by atoms with van der Waals surface area (Å²) in [6.45, 7) is 6.11. The smallest absolute Gasteiger partial charge is 0.276 e. The molecule has 0 atom stereocenters. The van der Waals surface area contributed by atoms with E-state index in [1.807, 2.05) is 50.5 Å². The third-order valence-corrected chi connectivity index (χ3v) is 5.44. The van der Waals surface area contributed by atoms with Crippen molar-refractivity contribution in [1.29, 1.82) is 5.26 Å². The van der Waals surface area contributed by atoms with E-state index in [0.29, 0.717) is 11.4 Å². The van der Waals surface area contributed by atoms with Gasteiger partial charge in [0.15, 0.2) is 5.69 Å². The lowest BCUT2D eigenvalue weighted by Gasteiger charge is -2.17. The fraction of sp³-hybridized carbons (Fsp3) is 0.240. The minimum Gasteiger partial charge on any atom is -0.370 e. The lowest BCUT2D eigenvalue weighted by atomic mass is 10.0. The van der Waals surface area contributed by atoms with E-state index >= 15 is 0 Å². The van der Waals surface area contributed by atoms with Crippen LogP contribution >= 0.6 is 0 Å². The molecule has 2 N–H and O–H groups in total. The van der Waals surface area contributed by atoms with Crippen LogP contribution in [0.25, 0.3) is 22.0 Å². The molecule has 1 fully saturated rings. The topological polar surface area (TPSA) is 111 Å². The molecule has 3 aromatic heterocycles. The van der Waals surface area contributed by atoms with E-state index in [0.717, 1.165) is 40.8 Å². The molecule has 5 rings (SSSR count). The molecule has 1 aliphatic rings. The van der Waals surface area contributed by atoms with Gasteiger partial charge < -0.3 is 10.2 Å². The highest BCUT2D eigenvalue weighted by Crippen LogP contribution is 2.29. The Morgan fingerprint density at radius 2 is 1.88 bits per heavy atom. The fourth-order valence-electron chi connectivity index (χ4n) is 3.82. The summed E-state index contributed by atoms with van der Waals surface area (Å²) in [5, 5.41) is 19.5. The number of fused-ring (bicyclic) bond motifs is 1. The average Bonchev–Trinajstić information content (AvgIpc) is 3.56. The van der Waals surface area contributed by atoms with Gasteiger partial charge in [-0.25, -0.2) is 4.98 Å². The summed E-state index contributed by atoms with van der Waals surface area (Å²) < 4.78 is 0. The Balaban J connectivity index is 0.00000126. The SMILES string of the molecule is CC.N#Cc1ccc(NC(=O)c2n[nH]c3ccc(-c4cncc(N5CCCC5)c4)cc23)cn1. The summed E-state index contributed by atoms with van der Waals surface area (Å²) in [6, 6.07) is 13.2. The van der Waals surface area contributed by atoms with E-state index in [1.54, 1.807) is 12.1 Å². The van der Waals surface area contributed by atoms with Crippen LogP contribution in [0.4, 0.5) is 11.4 Å². The van der Waals surface area contributed by atoms with Gasteiger partial charge in [0.25, 0.3) is 5.91 Å². The molecular formula is C25H25N7O. The molecule has 4 heterocycles. The number of benzene rings is 1. The molecular weight excluding hydrogens is 414 g/mol. The Labute approximate surface area is 192 Å². The quantitative estimate of drug-likeness (QED) is 0.474. The first-order valence-electron chi connectivity index (χ1n) is 11.1. The Bertz CT molecular complexity index is 1300. The molecule has 0 saturated carbocycles. The van der Waals surface area contributed by atoms with Crippen LogP contribution in [0.15, 0.2) is 55.0 Å². The highest BCUT2D eigenvalue weighted by atomic mass is 16.1. The molecule has 1 saturated heterocycles. The summed E-state index contributed by atoms with van der Waals surface area (Å²) in [5.74, 6) is -0.348. The number of nitrogens with one attached hydrogen (secondary N) is 2. The van der Waals surface area contributed by atoms with E-state index in [2.05, 4.69) is 36.4 Å². The molecule has 8 nitrogen and oxygen atoms in total. The highest BCUT2D eigenvalue weighted by molar-refractivity contribution is 6.11. The standard InChI is InChI=1S/C23H19N7O.C2H6/c24-11-17-4-5-18(13-26-17)27-23(31)22-20-10-15(3-6-21(20)28-29-22)16-9-19(14-25-12-16)30-7-1-2-8-30;1-2/h3-6,9-10,12-14H,1-2,7-8H2,(H,27,31)(H,28,29);1-2H3. The van der Waals surface area contributed by atoms with E-state index in [9.17, 15) is 4.79 Å². The van der Waals surface area contributed by atoms with Gasteiger partial charge in [-0.3, -0.25) is 14.9 Å². The minimum atomic E-state index is -0.348. The van der Waals surface area contributed by atoms with Crippen molar-refractivity contribution in [3.05, 3.63) is 66.4 Å². The van der Waals surface area contributed by atoms with Crippen molar-refractivity contribution in [2.45, 2.75) is 26.7 Å². The zero-order chi connectivity index (χ0) is 23.2. The van der Waals surface area contributed by atoms with E-state index in [1.165, 1.54) is 19.0 Å². The summed E-state index contributed by atoms with van der Waals surface area (Å²) in [5.41, 5.74) is 4.94. The second kappa shape index (κ2) is 9.92. The van der Waals surface area contributed by atoms with Gasteiger partial charge in [-0.2, -0.15) is 10.4 Å². The first-order valence-corrected chi connectivity index (χ1v) is 11.1. The van der Waals surface area contributed by atoms with Gasteiger partial charge in [0.05, 0.1) is 29.3 Å². The predicted octanol–water partition coefficient (Wildman–Crippen LogP) is 4.77. The molecule has 1 aromatic carbocycles. The molecule has 4 aromatic rings. The number of aromatic nitrogens is 4. The summed E-state index contributed by atoms with van der Waals surface area (Å²) >= 11 is 0. The molecule has 0 radical (unpaired) electrons. The van der Waals surface area contributed by atoms with Crippen molar-refractivity contribution in [2.24, 2.45) is 0 Å². The lowest BCUT2D eigenvalue weighted by molar-refractivity contribution is 0.102. The fourth-order valence-corrected chi connectivity index (χ4v) is 3.82. The number of hydrogen-bond acceptors (Lipinski definition) is 6. The number of rotatable bonds is 4. The molecule has 0 aliphatic carbocycles. The maximum Gasteiger partial charge on any atom is 0.276 e. The predicted molar refractivity (Wildman–Crippen MR) is 129 cm³/mol. The Hall–Kier alpha value is -4.25. The van der Waals surface area contributed by atoms with Crippen LogP contribution in [0.1, 0.15) is 42.9 Å². The Morgan fingerprint density at radius 3 is 2.61 bits per heavy atom. The van der Waals surface area contributed by atoms with E-state index < -0.39 is 0 Å². The van der Waals surface area contributed by atoms with Crippen molar-refractivity contribution in [3.63, 3.8) is 0 Å². The molecule has 166 valence electrons. The van der Waals surface area contributed by atoms with Gasteiger partial charge in [-0.1, -0.05) is 19.9 Å². The monoisotopic (exact) mass is 439 g/mol. The van der Waals surface area contributed by atoms with Crippen LogP contribution in [0.3, 0.4) is 0 Å². The summed E-state index contributed by atoms with van der Waals surface area (Å²) in [7, 11) is 0. The maximum atomic E-state index is 12.8. The van der Waals surface area contributed by atoms with E-state index in [4.69, 9.17) is 5.26 Å². The van der Waals surface area contributed by atoms with Crippen LogP contribution in [-0.2, 0) is 0 Å². The van der Waals surface area contributed by atoms with Crippen molar-refractivity contribution < 1.29 is 4.79 Å². The van der Waals surface area contributed by atoms with Crippen molar-refractivity contribution in [2.75, 3.05) is 23.3 Å². The van der Waals surface area contributed by atoms with Crippen LogP contribution in [-0.4, -0.2) is 39.2 Å². The Kier molecular flexibility index (Phi) is 6.60. The first kappa shape index (κ1) is 22.0.